The molecule has 1 N–H and O–H groups in total. The third-order valence-electron chi connectivity index (χ3n) is 3.18. The second kappa shape index (κ2) is 6.11. The lowest BCUT2D eigenvalue weighted by molar-refractivity contribution is 0.102. The van der Waals surface area contributed by atoms with Crippen molar-refractivity contribution in [2.75, 3.05) is 5.32 Å². The highest BCUT2D eigenvalue weighted by Gasteiger charge is 2.11. The summed E-state index contributed by atoms with van der Waals surface area (Å²) in [6.45, 7) is 0. The fourth-order valence-electron chi connectivity index (χ4n) is 2.07. The van der Waals surface area contributed by atoms with E-state index in [9.17, 15) is 4.79 Å². The number of pyridine rings is 1. The van der Waals surface area contributed by atoms with E-state index in [4.69, 9.17) is 0 Å². The van der Waals surface area contributed by atoms with Crippen LogP contribution < -0.4 is 5.32 Å². The van der Waals surface area contributed by atoms with Crippen LogP contribution in [-0.2, 0) is 7.05 Å². The normalized spacial score (nSPS) is 10.5. The Labute approximate surface area is 136 Å². The highest BCUT2D eigenvalue weighted by Crippen LogP contribution is 2.21. The molecule has 1 amide bonds. The lowest BCUT2D eigenvalue weighted by Crippen LogP contribution is -2.14. The summed E-state index contributed by atoms with van der Waals surface area (Å²) in [7, 11) is 1.79. The Balaban J connectivity index is 1.84. The number of amides is 1. The van der Waals surface area contributed by atoms with Crippen molar-refractivity contribution in [3.8, 4) is 11.3 Å². The van der Waals surface area contributed by atoms with Gasteiger partial charge in [-0.1, -0.05) is 22.0 Å². The van der Waals surface area contributed by atoms with Crippen molar-refractivity contribution in [1.29, 1.82) is 0 Å². The SMILES string of the molecule is Cn1nc(-c2ccncc2)cc1NC(=O)c1cccc(Br)c1. The van der Waals surface area contributed by atoms with Crippen molar-refractivity contribution < 1.29 is 4.79 Å². The van der Waals surface area contributed by atoms with Gasteiger partial charge in [-0.15, -0.1) is 0 Å². The molecule has 2 aromatic heterocycles. The van der Waals surface area contributed by atoms with Crippen LogP contribution in [0.3, 0.4) is 0 Å². The van der Waals surface area contributed by atoms with Gasteiger partial charge in [0.1, 0.15) is 5.82 Å². The van der Waals surface area contributed by atoms with Crippen molar-refractivity contribution >= 4 is 27.7 Å². The fraction of sp³-hybridized carbons (Fsp3) is 0.0625. The van der Waals surface area contributed by atoms with E-state index >= 15 is 0 Å². The van der Waals surface area contributed by atoms with Gasteiger partial charge in [-0.2, -0.15) is 5.10 Å². The van der Waals surface area contributed by atoms with Crippen LogP contribution in [0, 0.1) is 0 Å². The molecule has 2 heterocycles. The van der Waals surface area contributed by atoms with Gasteiger partial charge in [0.15, 0.2) is 0 Å². The number of nitrogens with zero attached hydrogens (tertiary/aromatic N) is 3. The van der Waals surface area contributed by atoms with Crippen LogP contribution in [0.5, 0.6) is 0 Å². The Kier molecular flexibility index (Phi) is 4.02. The molecule has 1 aromatic carbocycles. The van der Waals surface area contributed by atoms with Crippen molar-refractivity contribution in [3.63, 3.8) is 0 Å². The molecule has 0 unspecified atom stereocenters. The molecule has 0 bridgehead atoms. The average molecular weight is 357 g/mol. The van der Waals surface area contributed by atoms with E-state index < -0.39 is 0 Å². The van der Waals surface area contributed by atoms with E-state index in [0.29, 0.717) is 11.4 Å². The number of nitrogens with one attached hydrogen (secondary N) is 1. The number of carbonyl (C=O) groups is 1. The number of benzene rings is 1. The zero-order valence-corrected chi connectivity index (χ0v) is 13.4. The summed E-state index contributed by atoms with van der Waals surface area (Å²) in [5, 5.41) is 7.28. The fourth-order valence-corrected chi connectivity index (χ4v) is 2.47. The molecule has 6 heteroatoms. The predicted octanol–water partition coefficient (Wildman–Crippen LogP) is 3.50. The first-order valence-corrected chi connectivity index (χ1v) is 7.44. The Morgan fingerprint density at radius 3 is 2.68 bits per heavy atom. The summed E-state index contributed by atoms with van der Waals surface area (Å²) in [6.07, 6.45) is 3.42. The number of hydrogen-bond acceptors (Lipinski definition) is 3. The summed E-state index contributed by atoms with van der Waals surface area (Å²) >= 11 is 3.36. The summed E-state index contributed by atoms with van der Waals surface area (Å²) in [5.74, 6) is 0.461. The van der Waals surface area contributed by atoms with Gasteiger partial charge in [0, 0.05) is 41.1 Å². The summed E-state index contributed by atoms with van der Waals surface area (Å²) in [6, 6.07) is 12.8. The molecule has 0 aliphatic carbocycles. The molecule has 5 nitrogen and oxygen atoms in total. The second-order valence-corrected chi connectivity index (χ2v) is 5.65. The number of hydrogen-bond donors (Lipinski definition) is 1. The maximum atomic E-state index is 12.3. The van der Waals surface area contributed by atoms with Gasteiger partial charge in [0.25, 0.3) is 5.91 Å². The van der Waals surface area contributed by atoms with Crippen molar-refractivity contribution in [2.24, 2.45) is 7.05 Å². The van der Waals surface area contributed by atoms with Crippen molar-refractivity contribution in [2.45, 2.75) is 0 Å². The maximum absolute atomic E-state index is 12.3. The van der Waals surface area contributed by atoms with Gasteiger partial charge in [-0.25, -0.2) is 0 Å². The third-order valence-corrected chi connectivity index (χ3v) is 3.68. The van der Waals surface area contributed by atoms with Crippen molar-refractivity contribution in [1.82, 2.24) is 14.8 Å². The van der Waals surface area contributed by atoms with E-state index in [1.165, 1.54) is 0 Å². The van der Waals surface area contributed by atoms with Crippen LogP contribution in [0.2, 0.25) is 0 Å². The Bertz CT molecular complexity index is 814. The van der Waals surface area contributed by atoms with Gasteiger partial charge < -0.3 is 5.32 Å². The third kappa shape index (κ3) is 3.07. The summed E-state index contributed by atoms with van der Waals surface area (Å²) < 4.78 is 2.51. The number of anilines is 1. The quantitative estimate of drug-likeness (QED) is 0.781. The largest absolute Gasteiger partial charge is 0.307 e. The average Bonchev–Trinajstić information content (AvgIpc) is 2.89. The molecular weight excluding hydrogens is 344 g/mol. The molecule has 0 aliphatic rings. The standard InChI is InChI=1S/C16H13BrN4O/c1-21-15(10-14(20-21)11-5-7-18-8-6-11)19-16(22)12-3-2-4-13(17)9-12/h2-10H,1H3,(H,19,22). The van der Waals surface area contributed by atoms with Crippen molar-refractivity contribution in [3.05, 3.63) is 64.9 Å². The highest BCUT2D eigenvalue weighted by molar-refractivity contribution is 9.10. The van der Waals surface area contributed by atoms with Gasteiger partial charge in [-0.05, 0) is 30.3 Å². The highest BCUT2D eigenvalue weighted by atomic mass is 79.9. The Morgan fingerprint density at radius 1 is 1.18 bits per heavy atom. The van der Waals surface area contributed by atoms with E-state index in [2.05, 4.69) is 31.3 Å². The molecule has 3 aromatic rings. The number of halogens is 1. The molecule has 0 aliphatic heterocycles. The monoisotopic (exact) mass is 356 g/mol. The number of rotatable bonds is 3. The Morgan fingerprint density at radius 2 is 1.95 bits per heavy atom. The van der Waals surface area contributed by atoms with Crippen LogP contribution in [0.1, 0.15) is 10.4 Å². The maximum Gasteiger partial charge on any atom is 0.256 e. The van der Waals surface area contributed by atoms with Gasteiger partial charge in [0.05, 0.1) is 5.69 Å². The lowest BCUT2D eigenvalue weighted by Gasteiger charge is -2.05. The molecule has 110 valence electrons. The van der Waals surface area contributed by atoms with E-state index in [0.717, 1.165) is 15.7 Å². The van der Waals surface area contributed by atoms with Gasteiger partial charge in [0.2, 0.25) is 0 Å². The predicted molar refractivity (Wildman–Crippen MR) is 88.5 cm³/mol. The van der Waals surface area contributed by atoms with E-state index in [-0.39, 0.29) is 5.91 Å². The number of aryl methyl sites for hydroxylation is 1. The first kappa shape index (κ1) is 14.5. The molecule has 22 heavy (non-hydrogen) atoms. The second-order valence-electron chi connectivity index (χ2n) is 4.74. The van der Waals surface area contributed by atoms with E-state index in [1.54, 1.807) is 36.3 Å². The molecule has 0 saturated heterocycles. The zero-order chi connectivity index (χ0) is 15.5. The van der Waals surface area contributed by atoms with Gasteiger partial charge in [-0.3, -0.25) is 14.5 Å². The molecular formula is C16H13BrN4O. The first-order chi connectivity index (χ1) is 10.6. The lowest BCUT2D eigenvalue weighted by atomic mass is 10.2. The molecule has 0 spiro atoms. The van der Waals surface area contributed by atoms with Crippen LogP contribution in [0.25, 0.3) is 11.3 Å². The smallest absolute Gasteiger partial charge is 0.256 e. The number of carbonyl (C=O) groups excluding carboxylic acids is 1. The summed E-state index contributed by atoms with van der Waals surface area (Å²) in [4.78, 5) is 16.3. The minimum Gasteiger partial charge on any atom is -0.307 e. The van der Waals surface area contributed by atoms with Gasteiger partial charge >= 0.3 is 0 Å². The zero-order valence-electron chi connectivity index (χ0n) is 11.8. The minimum atomic E-state index is -0.175. The van der Waals surface area contributed by atoms with Crippen LogP contribution in [-0.4, -0.2) is 20.7 Å². The molecule has 0 saturated carbocycles. The van der Waals surface area contributed by atoms with E-state index in [1.807, 2.05) is 30.3 Å². The molecule has 0 radical (unpaired) electrons. The first-order valence-electron chi connectivity index (χ1n) is 6.65. The van der Waals surface area contributed by atoms with Crippen LogP contribution in [0.15, 0.2) is 59.3 Å². The Hall–Kier alpha value is -2.47. The summed E-state index contributed by atoms with van der Waals surface area (Å²) in [5.41, 5.74) is 2.32. The molecule has 3 rings (SSSR count). The van der Waals surface area contributed by atoms with Crippen LogP contribution in [0.4, 0.5) is 5.82 Å². The van der Waals surface area contributed by atoms with Crippen LogP contribution >= 0.6 is 15.9 Å². The molecule has 0 atom stereocenters. The topological polar surface area (TPSA) is 59.8 Å². The minimum absolute atomic E-state index is 0.175. The molecule has 0 fully saturated rings. The number of aromatic nitrogens is 3.